The van der Waals surface area contributed by atoms with Gasteiger partial charge in [0.2, 0.25) is 0 Å². The Balaban J connectivity index is 0.00000484. The fourth-order valence-electron chi connectivity index (χ4n) is 1.92. The van der Waals surface area contributed by atoms with E-state index in [1.165, 1.54) is 5.56 Å². The number of aryl methyl sites for hydroxylation is 1. The maximum Gasteiger partial charge on any atom is 0.191 e. The van der Waals surface area contributed by atoms with Crippen molar-refractivity contribution in [2.45, 2.75) is 40.2 Å². The highest BCUT2D eigenvalue weighted by molar-refractivity contribution is 14.0. The maximum absolute atomic E-state index is 12.2. The summed E-state index contributed by atoms with van der Waals surface area (Å²) in [5, 5.41) is 6.29. The van der Waals surface area contributed by atoms with Gasteiger partial charge in [-0.05, 0) is 38.3 Å². The molecule has 0 spiro atoms. The van der Waals surface area contributed by atoms with E-state index in [2.05, 4.69) is 41.6 Å². The Hall–Kier alpha value is -1.05. The summed E-state index contributed by atoms with van der Waals surface area (Å²) < 4.78 is 18.0. The van der Waals surface area contributed by atoms with Gasteiger partial charge in [0.15, 0.2) is 5.96 Å². The molecule has 0 unspecified atom stereocenters. The van der Waals surface area contributed by atoms with Crippen molar-refractivity contribution in [2.75, 3.05) is 26.4 Å². The third-order valence-corrected chi connectivity index (χ3v) is 3.04. The number of nitrogens with one attached hydrogen (secondary N) is 2. The third kappa shape index (κ3) is 8.98. The Bertz CT molecular complexity index is 469. The number of halogens is 2. The minimum atomic E-state index is -0.320. The summed E-state index contributed by atoms with van der Waals surface area (Å²) in [4.78, 5) is 4.55. The van der Waals surface area contributed by atoms with Crippen molar-refractivity contribution in [1.82, 2.24) is 10.6 Å². The Labute approximate surface area is 156 Å². The minimum Gasteiger partial charge on any atom is -0.493 e. The molecular formula is C17H29FIN3O. The quantitative estimate of drug-likeness (QED) is 0.267. The molecule has 0 radical (unpaired) electrons. The highest BCUT2D eigenvalue weighted by Crippen LogP contribution is 2.21. The van der Waals surface area contributed by atoms with Gasteiger partial charge in [0, 0.05) is 18.7 Å². The van der Waals surface area contributed by atoms with Crippen LogP contribution in [0.15, 0.2) is 23.2 Å². The largest absolute Gasteiger partial charge is 0.493 e. The summed E-state index contributed by atoms with van der Waals surface area (Å²) >= 11 is 0. The van der Waals surface area contributed by atoms with E-state index in [1.54, 1.807) is 0 Å². The smallest absolute Gasteiger partial charge is 0.191 e. The summed E-state index contributed by atoms with van der Waals surface area (Å²) in [6.07, 6.45) is 1.46. The van der Waals surface area contributed by atoms with E-state index in [9.17, 15) is 4.39 Å². The van der Waals surface area contributed by atoms with Crippen LogP contribution in [0.5, 0.6) is 5.75 Å². The predicted molar refractivity (Wildman–Crippen MR) is 106 cm³/mol. The highest BCUT2D eigenvalue weighted by Gasteiger charge is 2.05. The molecule has 0 saturated carbocycles. The van der Waals surface area contributed by atoms with Gasteiger partial charge in [-0.3, -0.25) is 4.39 Å². The van der Waals surface area contributed by atoms with Gasteiger partial charge in [-0.2, -0.15) is 0 Å². The van der Waals surface area contributed by atoms with E-state index >= 15 is 0 Å². The van der Waals surface area contributed by atoms with Crippen LogP contribution < -0.4 is 15.4 Å². The monoisotopic (exact) mass is 437 g/mol. The molecule has 0 amide bonds. The second-order valence-electron chi connectivity index (χ2n) is 5.12. The van der Waals surface area contributed by atoms with Crippen LogP contribution >= 0.6 is 24.0 Å². The van der Waals surface area contributed by atoms with E-state index in [4.69, 9.17) is 4.74 Å². The molecule has 6 heteroatoms. The first kappa shape index (κ1) is 21.9. The lowest BCUT2D eigenvalue weighted by Gasteiger charge is -2.13. The number of ether oxygens (including phenoxy) is 1. The average Bonchev–Trinajstić information content (AvgIpc) is 2.52. The van der Waals surface area contributed by atoms with Gasteiger partial charge in [-0.1, -0.05) is 19.1 Å². The number of benzene rings is 1. The zero-order chi connectivity index (χ0) is 16.2. The molecule has 0 fully saturated rings. The van der Waals surface area contributed by atoms with Gasteiger partial charge >= 0.3 is 0 Å². The van der Waals surface area contributed by atoms with Crippen LogP contribution in [0.1, 0.15) is 37.8 Å². The summed E-state index contributed by atoms with van der Waals surface area (Å²) in [5.74, 6) is 1.60. The summed E-state index contributed by atoms with van der Waals surface area (Å²) in [5.41, 5.74) is 2.23. The molecule has 23 heavy (non-hydrogen) atoms. The molecule has 0 heterocycles. The minimum absolute atomic E-state index is 0. The molecule has 0 atom stereocenters. The van der Waals surface area contributed by atoms with E-state index in [0.717, 1.165) is 24.3 Å². The fraction of sp³-hybridized carbons (Fsp3) is 0.588. The predicted octanol–water partition coefficient (Wildman–Crippen LogP) is 3.82. The molecule has 4 nitrogen and oxygen atoms in total. The first-order chi connectivity index (χ1) is 10.7. The van der Waals surface area contributed by atoms with Gasteiger partial charge in [0.1, 0.15) is 5.75 Å². The van der Waals surface area contributed by atoms with Gasteiger partial charge < -0.3 is 15.4 Å². The average molecular weight is 437 g/mol. The van der Waals surface area contributed by atoms with Crippen LogP contribution in [0.25, 0.3) is 0 Å². The van der Waals surface area contributed by atoms with Gasteiger partial charge in [-0.15, -0.1) is 24.0 Å². The second kappa shape index (κ2) is 13.4. The summed E-state index contributed by atoms with van der Waals surface area (Å²) in [6, 6.07) is 6.16. The lowest BCUT2D eigenvalue weighted by atomic mass is 10.1. The molecule has 1 aromatic rings. The van der Waals surface area contributed by atoms with Gasteiger partial charge in [0.05, 0.1) is 19.8 Å². The molecule has 0 aliphatic carbocycles. The molecule has 0 aliphatic rings. The number of hydrogen-bond acceptors (Lipinski definition) is 2. The van der Waals surface area contributed by atoms with E-state index in [-0.39, 0.29) is 30.7 Å². The van der Waals surface area contributed by atoms with Crippen molar-refractivity contribution >= 4 is 29.9 Å². The standard InChI is InChI=1S/C17H28FN3O.HI/c1-4-11-22-16-12-14(3)7-8-15(16)13-21-17(19-5-2)20-10-6-9-18;/h7-8,12H,4-6,9-11,13H2,1-3H3,(H2,19,20,21);1H. The maximum atomic E-state index is 12.2. The zero-order valence-corrected chi connectivity index (χ0v) is 16.7. The van der Waals surface area contributed by atoms with Crippen LogP contribution in [0.4, 0.5) is 4.39 Å². The SMILES string of the molecule is CCCOc1cc(C)ccc1CN=C(NCC)NCCCF.I. The number of guanidine groups is 1. The van der Waals surface area contributed by atoms with Crippen LogP contribution in [-0.4, -0.2) is 32.3 Å². The first-order valence-corrected chi connectivity index (χ1v) is 8.01. The molecule has 1 rings (SSSR count). The van der Waals surface area contributed by atoms with Crippen molar-refractivity contribution in [1.29, 1.82) is 0 Å². The molecule has 132 valence electrons. The second-order valence-corrected chi connectivity index (χ2v) is 5.12. The topological polar surface area (TPSA) is 45.6 Å². The molecule has 0 bridgehead atoms. The van der Waals surface area contributed by atoms with Crippen LogP contribution in [0.3, 0.4) is 0 Å². The first-order valence-electron chi connectivity index (χ1n) is 8.01. The number of alkyl halides is 1. The van der Waals surface area contributed by atoms with Crippen molar-refractivity contribution in [3.63, 3.8) is 0 Å². The number of nitrogens with zero attached hydrogens (tertiary/aromatic N) is 1. The Morgan fingerprint density at radius 2 is 2.04 bits per heavy atom. The molecular weight excluding hydrogens is 408 g/mol. The molecule has 0 saturated heterocycles. The van der Waals surface area contributed by atoms with Gasteiger partial charge in [-0.25, -0.2) is 4.99 Å². The Morgan fingerprint density at radius 3 is 2.70 bits per heavy atom. The number of hydrogen-bond donors (Lipinski definition) is 2. The molecule has 0 aromatic heterocycles. The molecule has 2 N–H and O–H groups in total. The number of aliphatic imine (C=N–C) groups is 1. The Kier molecular flexibility index (Phi) is 12.8. The zero-order valence-electron chi connectivity index (χ0n) is 14.3. The lowest BCUT2D eigenvalue weighted by Crippen LogP contribution is -2.37. The highest BCUT2D eigenvalue weighted by atomic mass is 127. The Morgan fingerprint density at radius 1 is 1.26 bits per heavy atom. The normalized spacial score (nSPS) is 10.9. The molecule has 0 aliphatic heterocycles. The van der Waals surface area contributed by atoms with Crippen molar-refractivity contribution < 1.29 is 9.13 Å². The lowest BCUT2D eigenvalue weighted by molar-refractivity contribution is 0.314. The summed E-state index contributed by atoms with van der Waals surface area (Å²) in [6.45, 7) is 8.41. The van der Waals surface area contributed by atoms with Crippen LogP contribution in [0.2, 0.25) is 0 Å². The molecule has 1 aromatic carbocycles. The summed E-state index contributed by atoms with van der Waals surface area (Å²) in [7, 11) is 0. The van der Waals surface area contributed by atoms with E-state index in [1.807, 2.05) is 13.0 Å². The van der Waals surface area contributed by atoms with Crippen LogP contribution in [0, 0.1) is 6.92 Å². The number of rotatable bonds is 9. The van der Waals surface area contributed by atoms with Gasteiger partial charge in [0.25, 0.3) is 0 Å². The third-order valence-electron chi connectivity index (χ3n) is 3.04. The van der Waals surface area contributed by atoms with Crippen LogP contribution in [-0.2, 0) is 6.54 Å². The van der Waals surface area contributed by atoms with Crippen molar-refractivity contribution in [3.8, 4) is 5.75 Å². The van der Waals surface area contributed by atoms with E-state index in [0.29, 0.717) is 32.1 Å². The fourth-order valence-corrected chi connectivity index (χ4v) is 1.92. The van der Waals surface area contributed by atoms with Crippen molar-refractivity contribution in [3.05, 3.63) is 29.3 Å². The van der Waals surface area contributed by atoms with E-state index < -0.39 is 0 Å². The van der Waals surface area contributed by atoms with Crippen molar-refractivity contribution in [2.24, 2.45) is 4.99 Å².